The molecule has 0 heterocycles. The maximum Gasteiger partial charge on any atom is 0.303 e. The molecule has 0 bridgehead atoms. The van der Waals surface area contributed by atoms with E-state index in [9.17, 15) is 14.7 Å². The number of aromatic hydroxyl groups is 1. The van der Waals surface area contributed by atoms with Crippen molar-refractivity contribution in [1.82, 2.24) is 5.32 Å². The zero-order chi connectivity index (χ0) is 14.3. The number of hydrogen-bond donors (Lipinski definition) is 3. The van der Waals surface area contributed by atoms with Crippen molar-refractivity contribution in [3.8, 4) is 11.5 Å². The summed E-state index contributed by atoms with van der Waals surface area (Å²) in [6, 6.07) is 4.65. The molecular weight excluding hydrogens is 250 g/mol. The number of ether oxygens (including phenoxy) is 1. The van der Waals surface area contributed by atoms with Gasteiger partial charge in [-0.15, -0.1) is 0 Å². The maximum absolute atomic E-state index is 11.8. The quantitative estimate of drug-likeness (QED) is 0.649. The number of carboxylic acid groups (broad SMARTS) is 1. The van der Waals surface area contributed by atoms with E-state index in [1.807, 2.05) is 0 Å². The number of carbonyl (C=O) groups is 2. The lowest BCUT2D eigenvalue weighted by Gasteiger charge is -2.09. The zero-order valence-electron chi connectivity index (χ0n) is 10.7. The second kappa shape index (κ2) is 7.25. The van der Waals surface area contributed by atoms with Gasteiger partial charge in [-0.1, -0.05) is 6.07 Å². The van der Waals surface area contributed by atoms with Crippen molar-refractivity contribution in [3.05, 3.63) is 23.8 Å². The highest BCUT2D eigenvalue weighted by Crippen LogP contribution is 2.29. The fraction of sp³-hybridized carbons (Fsp3) is 0.385. The molecule has 6 heteroatoms. The molecule has 104 valence electrons. The molecule has 0 fully saturated rings. The van der Waals surface area contributed by atoms with E-state index in [-0.39, 0.29) is 23.5 Å². The molecule has 1 aromatic carbocycles. The summed E-state index contributed by atoms with van der Waals surface area (Å²) in [7, 11) is 1.41. The van der Waals surface area contributed by atoms with Crippen molar-refractivity contribution in [2.45, 2.75) is 19.3 Å². The summed E-state index contributed by atoms with van der Waals surface area (Å²) in [5, 5.41) is 20.8. The number of carboxylic acids is 1. The van der Waals surface area contributed by atoms with Gasteiger partial charge in [-0.2, -0.15) is 0 Å². The Kier molecular flexibility index (Phi) is 5.66. The van der Waals surface area contributed by atoms with Gasteiger partial charge in [-0.05, 0) is 25.0 Å². The zero-order valence-corrected chi connectivity index (χ0v) is 10.7. The summed E-state index contributed by atoms with van der Waals surface area (Å²) in [6.07, 6.45) is 1.16. The van der Waals surface area contributed by atoms with Gasteiger partial charge in [-0.25, -0.2) is 0 Å². The normalized spacial score (nSPS) is 9.95. The molecule has 0 radical (unpaired) electrons. The monoisotopic (exact) mass is 267 g/mol. The average Bonchev–Trinajstić information content (AvgIpc) is 2.38. The third-order valence-electron chi connectivity index (χ3n) is 2.57. The first kappa shape index (κ1) is 14.8. The minimum absolute atomic E-state index is 0.0836. The topological polar surface area (TPSA) is 95.9 Å². The first-order valence-corrected chi connectivity index (χ1v) is 5.92. The molecule has 0 aromatic heterocycles. The van der Waals surface area contributed by atoms with Gasteiger partial charge < -0.3 is 20.3 Å². The Labute approximate surface area is 111 Å². The van der Waals surface area contributed by atoms with Crippen LogP contribution in [0.4, 0.5) is 0 Å². The van der Waals surface area contributed by atoms with Crippen LogP contribution in [0.1, 0.15) is 29.6 Å². The van der Waals surface area contributed by atoms with E-state index in [1.54, 1.807) is 12.1 Å². The fourth-order valence-corrected chi connectivity index (χ4v) is 1.57. The number of phenolic OH excluding ortho intramolecular Hbond substituents is 1. The summed E-state index contributed by atoms with van der Waals surface area (Å²) in [5.74, 6) is -1.23. The van der Waals surface area contributed by atoms with Crippen molar-refractivity contribution < 1.29 is 24.5 Å². The molecule has 0 saturated heterocycles. The first-order valence-electron chi connectivity index (χ1n) is 5.92. The number of unbranched alkanes of at least 4 members (excludes halogenated alkanes) is 1. The molecule has 1 rings (SSSR count). The molecule has 0 unspecified atom stereocenters. The summed E-state index contributed by atoms with van der Waals surface area (Å²) < 4.78 is 4.91. The Balaban J connectivity index is 2.48. The largest absolute Gasteiger partial charge is 0.504 e. The summed E-state index contributed by atoms with van der Waals surface area (Å²) >= 11 is 0. The van der Waals surface area contributed by atoms with Crippen LogP contribution < -0.4 is 10.1 Å². The number of para-hydroxylation sites is 1. The highest BCUT2D eigenvalue weighted by atomic mass is 16.5. The van der Waals surface area contributed by atoms with E-state index >= 15 is 0 Å². The molecule has 3 N–H and O–H groups in total. The molecule has 0 aliphatic carbocycles. The van der Waals surface area contributed by atoms with Gasteiger partial charge in [0, 0.05) is 13.0 Å². The van der Waals surface area contributed by atoms with Gasteiger partial charge in [0.1, 0.15) is 0 Å². The highest BCUT2D eigenvalue weighted by Gasteiger charge is 2.13. The number of phenols is 1. The van der Waals surface area contributed by atoms with Crippen molar-refractivity contribution in [3.63, 3.8) is 0 Å². The van der Waals surface area contributed by atoms with E-state index in [2.05, 4.69) is 5.32 Å². The Morgan fingerprint density at radius 1 is 1.32 bits per heavy atom. The fourth-order valence-electron chi connectivity index (χ4n) is 1.57. The van der Waals surface area contributed by atoms with Crippen LogP contribution in [0.15, 0.2) is 18.2 Å². The lowest BCUT2D eigenvalue weighted by atomic mass is 10.1. The van der Waals surface area contributed by atoms with Gasteiger partial charge in [0.25, 0.3) is 5.91 Å². The summed E-state index contributed by atoms with van der Waals surface area (Å²) in [5.41, 5.74) is 0.137. The van der Waals surface area contributed by atoms with Crippen LogP contribution in [0.25, 0.3) is 0 Å². The van der Waals surface area contributed by atoms with Crippen molar-refractivity contribution in [1.29, 1.82) is 0 Å². The first-order chi connectivity index (χ1) is 9.06. The van der Waals surface area contributed by atoms with E-state index < -0.39 is 11.9 Å². The van der Waals surface area contributed by atoms with Crippen LogP contribution in [0.2, 0.25) is 0 Å². The van der Waals surface area contributed by atoms with Gasteiger partial charge >= 0.3 is 5.97 Å². The second-order valence-corrected chi connectivity index (χ2v) is 3.96. The third kappa shape index (κ3) is 4.50. The number of aliphatic carboxylic acids is 1. The van der Waals surface area contributed by atoms with E-state index in [0.29, 0.717) is 19.4 Å². The van der Waals surface area contributed by atoms with Gasteiger partial charge in [0.2, 0.25) is 0 Å². The van der Waals surface area contributed by atoms with Crippen LogP contribution in [0.3, 0.4) is 0 Å². The molecule has 19 heavy (non-hydrogen) atoms. The summed E-state index contributed by atoms with van der Waals surface area (Å²) in [4.78, 5) is 22.1. The lowest BCUT2D eigenvalue weighted by Crippen LogP contribution is -2.24. The highest BCUT2D eigenvalue weighted by molar-refractivity contribution is 5.97. The number of benzene rings is 1. The van der Waals surface area contributed by atoms with Crippen molar-refractivity contribution >= 4 is 11.9 Å². The molecule has 0 aliphatic rings. The molecule has 6 nitrogen and oxygen atoms in total. The van der Waals surface area contributed by atoms with E-state index in [4.69, 9.17) is 9.84 Å². The molecule has 0 atom stereocenters. The number of carbonyl (C=O) groups excluding carboxylic acids is 1. The van der Waals surface area contributed by atoms with Crippen LogP contribution in [0.5, 0.6) is 11.5 Å². The minimum atomic E-state index is -0.850. The molecular formula is C13H17NO5. The maximum atomic E-state index is 11.8. The van der Waals surface area contributed by atoms with E-state index in [0.717, 1.165) is 0 Å². The van der Waals surface area contributed by atoms with Crippen molar-refractivity contribution in [2.75, 3.05) is 13.7 Å². The smallest absolute Gasteiger partial charge is 0.303 e. The standard InChI is InChI=1S/C13H17NO5/c1-19-10-6-4-5-9(12(10)17)13(18)14-8-3-2-7-11(15)16/h4-6,17H,2-3,7-8H2,1H3,(H,14,18)(H,15,16). The Morgan fingerprint density at radius 3 is 2.68 bits per heavy atom. The SMILES string of the molecule is COc1cccc(C(=O)NCCCCC(=O)O)c1O. The van der Waals surface area contributed by atoms with Gasteiger partial charge in [0.05, 0.1) is 12.7 Å². The molecule has 1 aromatic rings. The third-order valence-corrected chi connectivity index (χ3v) is 2.57. The van der Waals surface area contributed by atoms with Crippen molar-refractivity contribution in [2.24, 2.45) is 0 Å². The number of rotatable bonds is 7. The Hall–Kier alpha value is -2.24. The van der Waals surface area contributed by atoms with Gasteiger partial charge in [0.15, 0.2) is 11.5 Å². The van der Waals surface area contributed by atoms with Crippen LogP contribution in [-0.4, -0.2) is 35.7 Å². The minimum Gasteiger partial charge on any atom is -0.504 e. The van der Waals surface area contributed by atoms with Crippen LogP contribution in [0, 0.1) is 0 Å². The van der Waals surface area contributed by atoms with Crippen LogP contribution in [-0.2, 0) is 4.79 Å². The Morgan fingerprint density at radius 2 is 2.05 bits per heavy atom. The Bertz CT molecular complexity index is 458. The lowest BCUT2D eigenvalue weighted by molar-refractivity contribution is -0.137. The molecule has 1 amide bonds. The second-order valence-electron chi connectivity index (χ2n) is 3.96. The number of nitrogens with one attached hydrogen (secondary N) is 1. The van der Waals surface area contributed by atoms with Crippen LogP contribution >= 0.6 is 0 Å². The predicted molar refractivity (Wildman–Crippen MR) is 68.5 cm³/mol. The number of methoxy groups -OCH3 is 1. The summed E-state index contributed by atoms with van der Waals surface area (Å²) in [6.45, 7) is 0.364. The number of hydrogen-bond acceptors (Lipinski definition) is 4. The predicted octanol–water partition coefficient (Wildman–Crippen LogP) is 1.39. The molecule has 0 spiro atoms. The number of amides is 1. The van der Waals surface area contributed by atoms with Gasteiger partial charge in [-0.3, -0.25) is 9.59 Å². The molecule has 0 aliphatic heterocycles. The molecule has 0 saturated carbocycles. The average molecular weight is 267 g/mol. The van der Waals surface area contributed by atoms with E-state index in [1.165, 1.54) is 13.2 Å².